The van der Waals surface area contributed by atoms with Gasteiger partial charge in [0.1, 0.15) is 0 Å². The molecule has 0 N–H and O–H groups in total. The maximum atomic E-state index is 2.68. The quantitative estimate of drug-likeness (QED) is 0.669. The van der Waals surface area contributed by atoms with Crippen LogP contribution < -0.4 is 0 Å². The molecular formula is C14H29N. The first-order valence-electron chi connectivity index (χ1n) is 7.07. The molecule has 90 valence electrons. The fraction of sp³-hybridized carbons (Fsp3) is 1.00. The smallest absolute Gasteiger partial charge is 0.000966 e. The Kier molecular flexibility index (Phi) is 6.31. The maximum absolute atomic E-state index is 2.68. The summed E-state index contributed by atoms with van der Waals surface area (Å²) in [6.07, 6.45) is 8.86. The van der Waals surface area contributed by atoms with E-state index in [0.717, 1.165) is 11.8 Å². The molecule has 2 fully saturated rings. The summed E-state index contributed by atoms with van der Waals surface area (Å²) in [5.41, 5.74) is 0. The first-order valence-corrected chi connectivity index (χ1v) is 7.07. The van der Waals surface area contributed by atoms with Crippen molar-refractivity contribution in [3.63, 3.8) is 0 Å². The van der Waals surface area contributed by atoms with Crippen LogP contribution in [0.5, 0.6) is 0 Å². The van der Waals surface area contributed by atoms with E-state index in [1.54, 1.807) is 0 Å². The maximum Gasteiger partial charge on any atom is 0.000966 e. The van der Waals surface area contributed by atoms with E-state index in [0.29, 0.717) is 0 Å². The van der Waals surface area contributed by atoms with Crippen molar-refractivity contribution < 1.29 is 0 Å². The third-order valence-corrected chi connectivity index (χ3v) is 3.85. The zero-order valence-corrected chi connectivity index (χ0v) is 11.0. The molecule has 2 aliphatic rings. The van der Waals surface area contributed by atoms with Gasteiger partial charge in [-0.25, -0.2) is 0 Å². The molecule has 15 heavy (non-hydrogen) atoms. The normalized spacial score (nSPS) is 32.2. The second-order valence-electron chi connectivity index (χ2n) is 5.13. The van der Waals surface area contributed by atoms with Gasteiger partial charge in [-0.05, 0) is 50.6 Å². The molecule has 1 saturated heterocycles. The minimum atomic E-state index is 1.01. The Balaban J connectivity index is 0.000000531. The highest BCUT2D eigenvalue weighted by Gasteiger charge is 2.21. The zero-order valence-electron chi connectivity index (χ0n) is 11.0. The van der Waals surface area contributed by atoms with Gasteiger partial charge in [-0.2, -0.15) is 0 Å². The summed E-state index contributed by atoms with van der Waals surface area (Å²) >= 11 is 0. The van der Waals surface area contributed by atoms with Gasteiger partial charge < -0.3 is 4.90 Å². The highest BCUT2D eigenvalue weighted by atomic mass is 15.1. The van der Waals surface area contributed by atoms with Gasteiger partial charge in [-0.1, -0.05) is 33.6 Å². The Hall–Kier alpha value is -0.0400. The molecule has 1 heteroatoms. The lowest BCUT2D eigenvalue weighted by atomic mass is 9.83. The highest BCUT2D eigenvalue weighted by Crippen LogP contribution is 2.29. The van der Waals surface area contributed by atoms with E-state index in [2.05, 4.69) is 11.8 Å². The van der Waals surface area contributed by atoms with E-state index in [9.17, 15) is 0 Å². The highest BCUT2D eigenvalue weighted by molar-refractivity contribution is 4.75. The van der Waals surface area contributed by atoms with Crippen LogP contribution in [0.3, 0.4) is 0 Å². The molecule has 1 aliphatic carbocycles. The molecule has 1 saturated carbocycles. The average Bonchev–Trinajstić information content (AvgIpc) is 2.77. The Morgan fingerprint density at radius 2 is 1.47 bits per heavy atom. The van der Waals surface area contributed by atoms with Crippen molar-refractivity contribution in [3.8, 4) is 0 Å². The van der Waals surface area contributed by atoms with Crippen LogP contribution in [0.4, 0.5) is 0 Å². The SMILES string of the molecule is CC.CC1CCC(CN2CCCC2)CC1. The summed E-state index contributed by atoms with van der Waals surface area (Å²) in [7, 11) is 0. The predicted octanol–water partition coefficient (Wildman–Crippen LogP) is 3.93. The van der Waals surface area contributed by atoms with Gasteiger partial charge >= 0.3 is 0 Å². The molecule has 0 aromatic heterocycles. The van der Waals surface area contributed by atoms with Crippen LogP contribution in [-0.2, 0) is 0 Å². The molecule has 1 heterocycles. The first kappa shape index (κ1) is 13.0. The van der Waals surface area contributed by atoms with Crippen molar-refractivity contribution in [2.24, 2.45) is 11.8 Å². The summed E-state index contributed by atoms with van der Waals surface area (Å²) in [6.45, 7) is 10.6. The molecule has 0 spiro atoms. The van der Waals surface area contributed by atoms with Crippen molar-refractivity contribution in [2.45, 2.75) is 59.3 Å². The van der Waals surface area contributed by atoms with Crippen molar-refractivity contribution in [3.05, 3.63) is 0 Å². The van der Waals surface area contributed by atoms with E-state index < -0.39 is 0 Å². The van der Waals surface area contributed by atoms with E-state index in [1.807, 2.05) is 13.8 Å². The van der Waals surface area contributed by atoms with E-state index in [4.69, 9.17) is 0 Å². The fourth-order valence-corrected chi connectivity index (χ4v) is 2.84. The summed E-state index contributed by atoms with van der Waals surface area (Å²) in [6, 6.07) is 0. The van der Waals surface area contributed by atoms with Crippen LogP contribution in [-0.4, -0.2) is 24.5 Å². The monoisotopic (exact) mass is 211 g/mol. The fourth-order valence-electron chi connectivity index (χ4n) is 2.84. The molecule has 0 unspecified atom stereocenters. The van der Waals surface area contributed by atoms with Gasteiger partial charge in [-0.15, -0.1) is 0 Å². The number of rotatable bonds is 2. The van der Waals surface area contributed by atoms with E-state index in [-0.39, 0.29) is 0 Å². The molecule has 0 bridgehead atoms. The molecule has 1 nitrogen and oxygen atoms in total. The first-order chi connectivity index (χ1) is 7.34. The van der Waals surface area contributed by atoms with Gasteiger partial charge in [0.05, 0.1) is 0 Å². The summed E-state index contributed by atoms with van der Waals surface area (Å²) in [4.78, 5) is 2.68. The van der Waals surface area contributed by atoms with Gasteiger partial charge in [0.2, 0.25) is 0 Å². The third kappa shape index (κ3) is 4.55. The van der Waals surface area contributed by atoms with Gasteiger partial charge in [-0.3, -0.25) is 0 Å². The van der Waals surface area contributed by atoms with Crippen LogP contribution in [0, 0.1) is 11.8 Å². The van der Waals surface area contributed by atoms with Crippen molar-refractivity contribution >= 4 is 0 Å². The Bertz CT molecular complexity index is 141. The van der Waals surface area contributed by atoms with Crippen LogP contribution in [0.2, 0.25) is 0 Å². The molecule has 0 aromatic rings. The standard InChI is InChI=1S/C12H23N.C2H6/c1-11-4-6-12(7-5-11)10-13-8-2-3-9-13;1-2/h11-12H,2-10H2,1H3;1-2H3. The minimum absolute atomic E-state index is 1.01. The zero-order chi connectivity index (χ0) is 11.1. The number of hydrogen-bond donors (Lipinski definition) is 0. The summed E-state index contributed by atoms with van der Waals surface area (Å²) < 4.78 is 0. The van der Waals surface area contributed by atoms with Gasteiger partial charge in [0.15, 0.2) is 0 Å². The van der Waals surface area contributed by atoms with Crippen molar-refractivity contribution in [1.82, 2.24) is 4.90 Å². The Morgan fingerprint density at radius 1 is 0.933 bits per heavy atom. The largest absolute Gasteiger partial charge is 0.303 e. The predicted molar refractivity (Wildman–Crippen MR) is 68.1 cm³/mol. The van der Waals surface area contributed by atoms with Crippen LogP contribution in [0.15, 0.2) is 0 Å². The van der Waals surface area contributed by atoms with Gasteiger partial charge in [0.25, 0.3) is 0 Å². The molecule has 1 aliphatic heterocycles. The molecule has 0 amide bonds. The molecular weight excluding hydrogens is 182 g/mol. The average molecular weight is 211 g/mol. The van der Waals surface area contributed by atoms with Crippen LogP contribution in [0.1, 0.15) is 59.3 Å². The summed E-state index contributed by atoms with van der Waals surface area (Å²) in [5, 5.41) is 0. The Morgan fingerprint density at radius 3 is 2.00 bits per heavy atom. The van der Waals surface area contributed by atoms with Gasteiger partial charge in [0, 0.05) is 6.54 Å². The molecule has 0 atom stereocenters. The van der Waals surface area contributed by atoms with Crippen molar-refractivity contribution in [2.75, 3.05) is 19.6 Å². The Labute approximate surface area is 96.2 Å². The number of nitrogens with zero attached hydrogens (tertiary/aromatic N) is 1. The molecule has 2 rings (SSSR count). The van der Waals surface area contributed by atoms with Crippen LogP contribution >= 0.6 is 0 Å². The number of hydrogen-bond acceptors (Lipinski definition) is 1. The second-order valence-corrected chi connectivity index (χ2v) is 5.13. The minimum Gasteiger partial charge on any atom is -0.303 e. The molecule has 0 radical (unpaired) electrons. The summed E-state index contributed by atoms with van der Waals surface area (Å²) in [5.74, 6) is 2.05. The molecule has 0 aromatic carbocycles. The van der Waals surface area contributed by atoms with E-state index in [1.165, 1.54) is 58.2 Å². The lowest BCUT2D eigenvalue weighted by Crippen LogP contribution is -2.28. The second kappa shape index (κ2) is 7.27. The van der Waals surface area contributed by atoms with E-state index >= 15 is 0 Å². The van der Waals surface area contributed by atoms with Crippen LogP contribution in [0.25, 0.3) is 0 Å². The van der Waals surface area contributed by atoms with Crippen molar-refractivity contribution in [1.29, 1.82) is 0 Å². The topological polar surface area (TPSA) is 3.24 Å². The third-order valence-electron chi connectivity index (χ3n) is 3.85. The lowest BCUT2D eigenvalue weighted by Gasteiger charge is -2.29. The lowest BCUT2D eigenvalue weighted by molar-refractivity contribution is 0.210. The number of likely N-dealkylation sites (tertiary alicyclic amines) is 1.